The van der Waals surface area contributed by atoms with E-state index in [1.54, 1.807) is 43.3 Å². The van der Waals surface area contributed by atoms with E-state index in [0.29, 0.717) is 11.4 Å². The van der Waals surface area contributed by atoms with Crippen LogP contribution in [0.4, 0.5) is 5.69 Å². The lowest BCUT2D eigenvalue weighted by molar-refractivity contribution is -0.120. The molecule has 7 nitrogen and oxygen atoms in total. The Kier molecular flexibility index (Phi) is 6.90. The summed E-state index contributed by atoms with van der Waals surface area (Å²) < 4.78 is 38.4. The van der Waals surface area contributed by atoms with E-state index in [1.165, 1.54) is 20.3 Å². The van der Waals surface area contributed by atoms with Crippen LogP contribution in [0.25, 0.3) is 0 Å². The van der Waals surface area contributed by atoms with Gasteiger partial charge in [0, 0.05) is 6.04 Å². The molecule has 0 fully saturated rings. The molecule has 0 unspecified atom stereocenters. The normalized spacial score (nSPS) is 11.2. The minimum absolute atomic E-state index is 0.00293. The summed E-state index contributed by atoms with van der Waals surface area (Å²) in [6, 6.07) is 11.3. The van der Waals surface area contributed by atoms with Crippen molar-refractivity contribution in [1.29, 1.82) is 0 Å². The van der Waals surface area contributed by atoms with Crippen molar-refractivity contribution in [3.05, 3.63) is 48.0 Å². The Balaban J connectivity index is 2.55. The molecule has 0 heterocycles. The Hall–Kier alpha value is -2.74. The maximum Gasteiger partial charge on any atom is 0.268 e. The SMILES string of the molecule is COc1ccc(N(CC(=O)NC(C)C)S(=O)(=O)c2cc(C)ccc2OC)cc1. The summed E-state index contributed by atoms with van der Waals surface area (Å²) in [5.74, 6) is 0.398. The van der Waals surface area contributed by atoms with Crippen molar-refractivity contribution in [2.75, 3.05) is 25.1 Å². The quantitative estimate of drug-likeness (QED) is 0.729. The average Bonchev–Trinajstić information content (AvgIpc) is 2.65. The fourth-order valence-corrected chi connectivity index (χ4v) is 4.33. The number of benzene rings is 2. The third-order valence-corrected chi connectivity index (χ3v) is 5.78. The molecular weight excluding hydrogens is 380 g/mol. The second kappa shape index (κ2) is 8.97. The van der Waals surface area contributed by atoms with Crippen molar-refractivity contribution < 1.29 is 22.7 Å². The van der Waals surface area contributed by atoms with Crippen molar-refractivity contribution in [3.63, 3.8) is 0 Å². The summed E-state index contributed by atoms with van der Waals surface area (Å²) in [4.78, 5) is 12.4. The zero-order valence-corrected chi connectivity index (χ0v) is 17.5. The van der Waals surface area contributed by atoms with Crippen molar-refractivity contribution in [3.8, 4) is 11.5 Å². The van der Waals surface area contributed by atoms with Gasteiger partial charge in [-0.05, 0) is 62.7 Å². The standard InChI is InChI=1S/C20H26N2O5S/c1-14(2)21-20(23)13-22(16-7-9-17(26-4)10-8-16)28(24,25)19-12-15(3)6-11-18(19)27-5/h6-12,14H,13H2,1-5H3,(H,21,23). The van der Waals surface area contributed by atoms with Gasteiger partial charge in [0.05, 0.1) is 19.9 Å². The van der Waals surface area contributed by atoms with Crippen LogP contribution in [0.1, 0.15) is 19.4 Å². The maximum absolute atomic E-state index is 13.5. The number of rotatable bonds is 8. The van der Waals surface area contributed by atoms with Gasteiger partial charge < -0.3 is 14.8 Å². The molecule has 0 aromatic heterocycles. The topological polar surface area (TPSA) is 84.9 Å². The van der Waals surface area contributed by atoms with E-state index < -0.39 is 15.9 Å². The molecule has 0 saturated heterocycles. The smallest absolute Gasteiger partial charge is 0.268 e. The Morgan fingerprint density at radius 2 is 1.71 bits per heavy atom. The molecule has 28 heavy (non-hydrogen) atoms. The highest BCUT2D eigenvalue weighted by atomic mass is 32.2. The fourth-order valence-electron chi connectivity index (χ4n) is 2.67. The number of ether oxygens (including phenoxy) is 2. The Morgan fingerprint density at radius 1 is 1.07 bits per heavy atom. The number of carbonyl (C=O) groups excluding carboxylic acids is 1. The van der Waals surface area contributed by atoms with E-state index in [0.717, 1.165) is 9.87 Å². The first-order valence-electron chi connectivity index (χ1n) is 8.80. The Morgan fingerprint density at radius 3 is 2.25 bits per heavy atom. The first-order chi connectivity index (χ1) is 13.2. The van der Waals surface area contributed by atoms with Gasteiger partial charge in [-0.15, -0.1) is 0 Å². The number of sulfonamides is 1. The summed E-state index contributed by atoms with van der Waals surface area (Å²) in [6.07, 6.45) is 0. The second-order valence-corrected chi connectivity index (χ2v) is 8.42. The van der Waals surface area contributed by atoms with Gasteiger partial charge in [-0.25, -0.2) is 8.42 Å². The number of nitrogens with one attached hydrogen (secondary N) is 1. The summed E-state index contributed by atoms with van der Waals surface area (Å²) in [5, 5.41) is 2.73. The third kappa shape index (κ3) is 4.95. The number of nitrogens with zero attached hydrogens (tertiary/aromatic N) is 1. The van der Waals surface area contributed by atoms with Gasteiger partial charge in [0.2, 0.25) is 5.91 Å². The molecule has 0 aliphatic heterocycles. The number of carbonyl (C=O) groups is 1. The molecule has 152 valence electrons. The molecule has 2 aromatic rings. The number of hydrogen-bond acceptors (Lipinski definition) is 5. The number of methoxy groups -OCH3 is 2. The van der Waals surface area contributed by atoms with Crippen molar-refractivity contribution in [2.45, 2.75) is 31.7 Å². The number of aryl methyl sites for hydroxylation is 1. The van der Waals surface area contributed by atoms with Crippen molar-refractivity contribution >= 4 is 21.6 Å². The monoisotopic (exact) mass is 406 g/mol. The highest BCUT2D eigenvalue weighted by molar-refractivity contribution is 7.93. The minimum Gasteiger partial charge on any atom is -0.497 e. The largest absolute Gasteiger partial charge is 0.497 e. The molecule has 0 atom stereocenters. The van der Waals surface area contributed by atoms with Gasteiger partial charge in [0.1, 0.15) is 22.9 Å². The zero-order chi connectivity index (χ0) is 20.9. The maximum atomic E-state index is 13.5. The lowest BCUT2D eigenvalue weighted by Crippen LogP contribution is -2.43. The first kappa shape index (κ1) is 21.6. The van der Waals surface area contributed by atoms with Gasteiger partial charge in [0.15, 0.2) is 0 Å². The molecule has 8 heteroatoms. The summed E-state index contributed by atoms with van der Waals surface area (Å²) in [6.45, 7) is 5.06. The predicted molar refractivity (Wildman–Crippen MR) is 109 cm³/mol. The summed E-state index contributed by atoms with van der Waals surface area (Å²) in [5.41, 5.74) is 1.11. The van der Waals surface area contributed by atoms with Crippen LogP contribution in [0.15, 0.2) is 47.4 Å². The average molecular weight is 407 g/mol. The third-order valence-electron chi connectivity index (χ3n) is 3.98. The lowest BCUT2D eigenvalue weighted by Gasteiger charge is -2.25. The van der Waals surface area contributed by atoms with Crippen LogP contribution >= 0.6 is 0 Å². The van der Waals surface area contributed by atoms with Gasteiger partial charge >= 0.3 is 0 Å². The van der Waals surface area contributed by atoms with Gasteiger partial charge in [0.25, 0.3) is 10.0 Å². The molecule has 0 bridgehead atoms. The molecule has 0 radical (unpaired) electrons. The molecule has 1 amide bonds. The number of anilines is 1. The second-order valence-electron chi connectivity index (χ2n) is 6.59. The van der Waals surface area contributed by atoms with E-state index in [1.807, 2.05) is 13.8 Å². The number of amides is 1. The molecule has 0 aliphatic rings. The van der Waals surface area contributed by atoms with Crippen LogP contribution in [-0.2, 0) is 14.8 Å². The molecule has 0 spiro atoms. The van der Waals surface area contributed by atoms with Crippen LogP contribution in [-0.4, -0.2) is 41.1 Å². The van der Waals surface area contributed by atoms with Crippen LogP contribution in [0.5, 0.6) is 11.5 Å². The van der Waals surface area contributed by atoms with Crippen molar-refractivity contribution in [1.82, 2.24) is 5.32 Å². The van der Waals surface area contributed by atoms with E-state index in [4.69, 9.17) is 9.47 Å². The van der Waals surface area contributed by atoms with Crippen molar-refractivity contribution in [2.24, 2.45) is 0 Å². The van der Waals surface area contributed by atoms with E-state index in [2.05, 4.69) is 5.32 Å². The Bertz CT molecular complexity index is 924. The van der Waals surface area contributed by atoms with E-state index >= 15 is 0 Å². The van der Waals surface area contributed by atoms with Crippen LogP contribution in [0.2, 0.25) is 0 Å². The fraction of sp³-hybridized carbons (Fsp3) is 0.350. The predicted octanol–water partition coefficient (Wildman–Crippen LogP) is 2.73. The van der Waals surface area contributed by atoms with Crippen LogP contribution < -0.4 is 19.1 Å². The van der Waals surface area contributed by atoms with E-state index in [9.17, 15) is 13.2 Å². The van der Waals surface area contributed by atoms with E-state index in [-0.39, 0.29) is 23.2 Å². The Labute approximate surface area is 166 Å². The molecule has 1 N–H and O–H groups in total. The molecule has 0 saturated carbocycles. The molecule has 2 rings (SSSR count). The molecular formula is C20H26N2O5S. The summed E-state index contributed by atoms with van der Waals surface area (Å²) in [7, 11) is -1.13. The highest BCUT2D eigenvalue weighted by Crippen LogP contribution is 2.31. The highest BCUT2D eigenvalue weighted by Gasteiger charge is 2.30. The zero-order valence-electron chi connectivity index (χ0n) is 16.7. The van der Waals surface area contributed by atoms with Gasteiger partial charge in [-0.3, -0.25) is 9.10 Å². The lowest BCUT2D eigenvalue weighted by atomic mass is 10.2. The minimum atomic E-state index is -4.06. The molecule has 0 aliphatic carbocycles. The van der Waals surface area contributed by atoms with Crippen LogP contribution in [0.3, 0.4) is 0 Å². The van der Waals surface area contributed by atoms with Gasteiger partial charge in [-0.1, -0.05) is 6.07 Å². The summed E-state index contributed by atoms with van der Waals surface area (Å²) >= 11 is 0. The van der Waals surface area contributed by atoms with Gasteiger partial charge in [-0.2, -0.15) is 0 Å². The first-order valence-corrected chi connectivity index (χ1v) is 10.2. The number of hydrogen-bond donors (Lipinski definition) is 1. The molecule has 2 aromatic carbocycles. The van der Waals surface area contributed by atoms with Crippen LogP contribution in [0, 0.1) is 6.92 Å².